The Labute approximate surface area is 178 Å². The lowest BCUT2D eigenvalue weighted by Gasteiger charge is -2.20. The lowest BCUT2D eigenvalue weighted by atomic mass is 9.97. The number of hydrogen-bond donors (Lipinski definition) is 3. The number of furan rings is 1. The summed E-state index contributed by atoms with van der Waals surface area (Å²) in [4.78, 5) is 13.9. The van der Waals surface area contributed by atoms with Crippen LogP contribution in [0.5, 0.6) is 0 Å². The number of nitrogens with zero attached hydrogens (tertiary/aromatic N) is 3. The van der Waals surface area contributed by atoms with Gasteiger partial charge in [0.25, 0.3) is 0 Å². The average Bonchev–Trinajstić information content (AvgIpc) is 3.11. The van der Waals surface area contributed by atoms with E-state index in [-0.39, 0.29) is 12.0 Å². The molecule has 0 fully saturated rings. The van der Waals surface area contributed by atoms with Crippen LogP contribution in [0.25, 0.3) is 22.3 Å². The summed E-state index contributed by atoms with van der Waals surface area (Å²) in [7, 11) is 0. The van der Waals surface area contributed by atoms with Gasteiger partial charge < -0.3 is 20.2 Å². The maximum absolute atomic E-state index is 9.07. The molecule has 30 heavy (non-hydrogen) atoms. The van der Waals surface area contributed by atoms with E-state index in [0.29, 0.717) is 12.5 Å². The van der Waals surface area contributed by atoms with Crippen LogP contribution in [-0.2, 0) is 6.42 Å². The third-order valence-electron chi connectivity index (χ3n) is 4.81. The Bertz CT molecular complexity index is 991. The summed E-state index contributed by atoms with van der Waals surface area (Å²) in [6, 6.07) is 4.09. The smallest absolute Gasteiger partial charge is 0.224 e. The van der Waals surface area contributed by atoms with Gasteiger partial charge in [0, 0.05) is 30.8 Å². The van der Waals surface area contributed by atoms with Gasteiger partial charge in [0.05, 0.1) is 17.5 Å². The molecule has 0 aliphatic carbocycles. The molecule has 0 atom stereocenters. The van der Waals surface area contributed by atoms with Gasteiger partial charge in [-0.25, -0.2) is 4.98 Å². The molecule has 7 nitrogen and oxygen atoms in total. The molecule has 0 unspecified atom stereocenters. The van der Waals surface area contributed by atoms with E-state index in [9.17, 15) is 0 Å². The molecule has 0 aromatic carbocycles. The van der Waals surface area contributed by atoms with E-state index in [4.69, 9.17) is 14.5 Å². The highest BCUT2D eigenvalue weighted by Gasteiger charge is 2.19. The fourth-order valence-electron chi connectivity index (χ4n) is 3.17. The summed E-state index contributed by atoms with van der Waals surface area (Å²) in [6.45, 7) is 12.2. The van der Waals surface area contributed by atoms with Crippen molar-refractivity contribution in [1.29, 1.82) is 0 Å². The zero-order chi connectivity index (χ0) is 21.7. The minimum Gasteiger partial charge on any atom is -0.454 e. The van der Waals surface area contributed by atoms with Gasteiger partial charge in [-0.05, 0) is 43.7 Å². The van der Waals surface area contributed by atoms with Crippen LogP contribution < -0.4 is 10.6 Å². The topological polar surface area (TPSA) is 96.1 Å². The average molecular weight is 412 g/mol. The highest BCUT2D eigenvalue weighted by Crippen LogP contribution is 2.34. The quantitative estimate of drug-likeness (QED) is 0.435. The second-order valence-corrected chi connectivity index (χ2v) is 8.81. The highest BCUT2D eigenvalue weighted by molar-refractivity contribution is 5.86. The third-order valence-corrected chi connectivity index (χ3v) is 4.81. The molecule has 0 aliphatic heterocycles. The Kier molecular flexibility index (Phi) is 6.92. The van der Waals surface area contributed by atoms with Crippen molar-refractivity contribution in [2.75, 3.05) is 30.3 Å². The van der Waals surface area contributed by atoms with E-state index in [1.165, 1.54) is 0 Å². The molecule has 0 saturated heterocycles. The summed E-state index contributed by atoms with van der Waals surface area (Å²) in [5.41, 5.74) is 3.60. The normalized spacial score (nSPS) is 11.8. The van der Waals surface area contributed by atoms with Crippen molar-refractivity contribution in [3.8, 4) is 11.3 Å². The number of aliphatic hydroxyl groups excluding tert-OH is 1. The van der Waals surface area contributed by atoms with Gasteiger partial charge in [0.1, 0.15) is 11.6 Å². The van der Waals surface area contributed by atoms with Crippen molar-refractivity contribution in [2.24, 2.45) is 5.41 Å². The third kappa shape index (κ3) is 5.48. The Morgan fingerprint density at radius 2 is 1.90 bits per heavy atom. The van der Waals surface area contributed by atoms with E-state index in [0.717, 1.165) is 65.3 Å². The van der Waals surface area contributed by atoms with Crippen molar-refractivity contribution >= 4 is 22.7 Å². The number of unbranched alkanes of at least 4 members (excludes halogenated alkanes) is 1. The molecule has 3 rings (SSSR count). The molecule has 0 bridgehead atoms. The van der Waals surface area contributed by atoms with Crippen LogP contribution in [-0.4, -0.2) is 39.8 Å². The van der Waals surface area contributed by atoms with Crippen LogP contribution >= 0.6 is 0 Å². The van der Waals surface area contributed by atoms with Crippen molar-refractivity contribution in [3.63, 3.8) is 0 Å². The summed E-state index contributed by atoms with van der Waals surface area (Å²) < 4.78 is 6.11. The summed E-state index contributed by atoms with van der Waals surface area (Å²) in [6.07, 6.45) is 4.26. The van der Waals surface area contributed by atoms with Crippen LogP contribution in [0.4, 0.5) is 11.8 Å². The maximum Gasteiger partial charge on any atom is 0.224 e. The number of fused-ring (bicyclic) bond motifs is 1. The number of nitrogens with one attached hydrogen (secondary N) is 2. The lowest BCUT2D eigenvalue weighted by molar-refractivity contribution is 0.286. The van der Waals surface area contributed by atoms with Crippen LogP contribution in [0.3, 0.4) is 0 Å². The van der Waals surface area contributed by atoms with Crippen LogP contribution in [0.1, 0.15) is 51.9 Å². The van der Waals surface area contributed by atoms with Gasteiger partial charge in [-0.15, -0.1) is 0 Å². The van der Waals surface area contributed by atoms with Gasteiger partial charge in [-0.2, -0.15) is 4.98 Å². The first-order valence-electron chi connectivity index (χ1n) is 10.7. The number of aryl methyl sites for hydroxylation is 2. The Morgan fingerprint density at radius 1 is 1.10 bits per heavy atom. The molecule has 0 radical (unpaired) electrons. The zero-order valence-corrected chi connectivity index (χ0v) is 18.7. The molecule has 3 N–H and O–H groups in total. The van der Waals surface area contributed by atoms with Gasteiger partial charge in [-0.1, -0.05) is 27.7 Å². The van der Waals surface area contributed by atoms with E-state index in [1.807, 2.05) is 13.0 Å². The number of aliphatic hydroxyl groups is 1. The van der Waals surface area contributed by atoms with E-state index in [1.54, 1.807) is 6.20 Å². The first-order chi connectivity index (χ1) is 14.3. The molecule has 3 aromatic rings. The largest absolute Gasteiger partial charge is 0.454 e. The van der Waals surface area contributed by atoms with Gasteiger partial charge in [0.2, 0.25) is 5.95 Å². The zero-order valence-electron chi connectivity index (χ0n) is 18.7. The minimum absolute atomic E-state index is 0.118. The predicted octanol–water partition coefficient (Wildman–Crippen LogP) is 4.80. The molecular formula is C23H33N5O2. The second-order valence-electron chi connectivity index (χ2n) is 8.81. The van der Waals surface area contributed by atoms with E-state index >= 15 is 0 Å². The Morgan fingerprint density at radius 3 is 2.60 bits per heavy atom. The van der Waals surface area contributed by atoms with E-state index in [2.05, 4.69) is 54.4 Å². The molecule has 0 saturated carbocycles. The van der Waals surface area contributed by atoms with Gasteiger partial charge in [-0.3, -0.25) is 4.98 Å². The van der Waals surface area contributed by atoms with Crippen molar-refractivity contribution in [1.82, 2.24) is 15.0 Å². The van der Waals surface area contributed by atoms with Gasteiger partial charge in [0.15, 0.2) is 5.58 Å². The highest BCUT2D eigenvalue weighted by atomic mass is 16.3. The minimum atomic E-state index is 0.118. The Balaban J connectivity index is 1.98. The van der Waals surface area contributed by atoms with Crippen LogP contribution in [0, 0.1) is 12.3 Å². The first-order valence-corrected chi connectivity index (χ1v) is 10.7. The van der Waals surface area contributed by atoms with Crippen molar-refractivity contribution in [2.45, 2.75) is 53.9 Å². The predicted molar refractivity (Wildman–Crippen MR) is 122 cm³/mol. The lowest BCUT2D eigenvalue weighted by Crippen LogP contribution is -2.21. The van der Waals surface area contributed by atoms with Gasteiger partial charge >= 0.3 is 0 Å². The molecule has 0 amide bonds. The number of anilines is 2. The molecular weight excluding hydrogens is 378 g/mol. The molecule has 3 aromatic heterocycles. The molecule has 7 heteroatoms. The fraction of sp³-hybridized carbons (Fsp3) is 0.522. The molecule has 3 heterocycles. The number of hydrogen-bond acceptors (Lipinski definition) is 7. The number of aromatic nitrogens is 3. The first kappa shape index (κ1) is 22.0. The summed E-state index contributed by atoms with van der Waals surface area (Å²) >= 11 is 0. The number of pyridine rings is 1. The summed E-state index contributed by atoms with van der Waals surface area (Å²) in [5, 5.41) is 16.9. The maximum atomic E-state index is 9.07. The van der Waals surface area contributed by atoms with E-state index < -0.39 is 0 Å². The standard InChI is InChI=1S/C23H33N5O2/c1-6-17-11-16-12-18(30-19(16)13-25-17)20-15(2)27-22(26-14-23(3,4)5)28-21(20)24-9-7-8-10-29/h11-13,29H,6-10,14H2,1-5H3,(H2,24,26,27,28). The Hall–Kier alpha value is -2.67. The van der Waals surface area contributed by atoms with Crippen LogP contribution in [0.15, 0.2) is 22.7 Å². The SMILES string of the molecule is CCc1cc2cc(-c3c(C)nc(NCC(C)(C)C)nc3NCCCCO)oc2cn1. The van der Waals surface area contributed by atoms with Crippen LogP contribution in [0.2, 0.25) is 0 Å². The molecule has 162 valence electrons. The number of rotatable bonds is 9. The fourth-order valence-corrected chi connectivity index (χ4v) is 3.17. The summed E-state index contributed by atoms with van der Waals surface area (Å²) in [5.74, 6) is 2.06. The molecule has 0 spiro atoms. The second kappa shape index (κ2) is 9.43. The van der Waals surface area contributed by atoms with Crippen molar-refractivity contribution < 1.29 is 9.52 Å². The monoisotopic (exact) mass is 411 g/mol. The molecule has 0 aliphatic rings. The van der Waals surface area contributed by atoms with Crippen molar-refractivity contribution in [3.05, 3.63) is 29.7 Å².